The standard InChI is InChI=1S/C17H22N4O3.ClH/c1-3-16-19-15(20-24-16)11-23-14-6-4-13(5-7-14)17(22)21-9-8-18-10-12(21)2;/h4-7,12,18H,3,8-11H2,1-2H3;1H. The maximum absolute atomic E-state index is 12.6. The summed E-state index contributed by atoms with van der Waals surface area (Å²) in [6, 6.07) is 7.37. The van der Waals surface area contributed by atoms with Gasteiger partial charge in [-0.2, -0.15) is 4.98 Å². The Morgan fingerprint density at radius 3 is 2.80 bits per heavy atom. The molecule has 0 bridgehead atoms. The van der Waals surface area contributed by atoms with E-state index in [0.29, 0.717) is 29.4 Å². The largest absolute Gasteiger partial charge is 0.485 e. The van der Waals surface area contributed by atoms with Gasteiger partial charge in [-0.1, -0.05) is 12.1 Å². The van der Waals surface area contributed by atoms with Crippen molar-refractivity contribution in [3.05, 3.63) is 41.5 Å². The summed E-state index contributed by atoms with van der Waals surface area (Å²) in [6.45, 7) is 6.64. The second-order valence-electron chi connectivity index (χ2n) is 5.82. The van der Waals surface area contributed by atoms with Crippen molar-refractivity contribution in [3.63, 3.8) is 0 Å². The number of amides is 1. The minimum absolute atomic E-state index is 0. The van der Waals surface area contributed by atoms with Crippen molar-refractivity contribution >= 4 is 18.3 Å². The first kappa shape index (κ1) is 19.2. The molecule has 1 fully saturated rings. The highest BCUT2D eigenvalue weighted by Crippen LogP contribution is 2.16. The van der Waals surface area contributed by atoms with E-state index in [1.54, 1.807) is 24.3 Å². The molecule has 0 radical (unpaired) electrons. The highest BCUT2D eigenvalue weighted by Gasteiger charge is 2.23. The number of hydrogen-bond acceptors (Lipinski definition) is 6. The lowest BCUT2D eigenvalue weighted by Crippen LogP contribution is -2.52. The third-order valence-corrected chi connectivity index (χ3v) is 4.04. The lowest BCUT2D eigenvalue weighted by atomic mass is 10.1. The zero-order valence-electron chi connectivity index (χ0n) is 14.4. The third-order valence-electron chi connectivity index (χ3n) is 4.04. The van der Waals surface area contributed by atoms with Gasteiger partial charge in [0.25, 0.3) is 5.91 Å². The molecule has 1 aliphatic rings. The fourth-order valence-electron chi connectivity index (χ4n) is 2.64. The van der Waals surface area contributed by atoms with E-state index in [1.165, 1.54) is 0 Å². The van der Waals surface area contributed by atoms with Crippen LogP contribution in [0.3, 0.4) is 0 Å². The molecule has 1 atom stereocenters. The van der Waals surface area contributed by atoms with E-state index in [-0.39, 0.29) is 31.0 Å². The first-order valence-electron chi connectivity index (χ1n) is 8.23. The highest BCUT2D eigenvalue weighted by molar-refractivity contribution is 5.94. The van der Waals surface area contributed by atoms with Gasteiger partial charge in [0.05, 0.1) is 0 Å². The van der Waals surface area contributed by atoms with Crippen LogP contribution in [0, 0.1) is 0 Å². The summed E-state index contributed by atoms with van der Waals surface area (Å²) in [7, 11) is 0. The monoisotopic (exact) mass is 366 g/mol. The number of halogens is 1. The Bertz CT molecular complexity index is 689. The molecule has 1 unspecified atom stereocenters. The summed E-state index contributed by atoms with van der Waals surface area (Å²) in [5.41, 5.74) is 0.670. The fourth-order valence-corrected chi connectivity index (χ4v) is 2.64. The molecule has 1 aliphatic heterocycles. The van der Waals surface area contributed by atoms with Crippen molar-refractivity contribution in [2.45, 2.75) is 32.9 Å². The normalized spacial score (nSPS) is 17.0. The van der Waals surface area contributed by atoms with Crippen LogP contribution < -0.4 is 10.1 Å². The average Bonchev–Trinajstić information content (AvgIpc) is 3.08. The lowest BCUT2D eigenvalue weighted by Gasteiger charge is -2.34. The van der Waals surface area contributed by atoms with Gasteiger partial charge in [0.15, 0.2) is 6.61 Å². The highest BCUT2D eigenvalue weighted by atomic mass is 35.5. The summed E-state index contributed by atoms with van der Waals surface area (Å²) >= 11 is 0. The molecule has 0 aliphatic carbocycles. The van der Waals surface area contributed by atoms with Gasteiger partial charge in [0, 0.05) is 37.7 Å². The van der Waals surface area contributed by atoms with Crippen molar-refractivity contribution in [1.29, 1.82) is 0 Å². The molecule has 25 heavy (non-hydrogen) atoms. The summed E-state index contributed by atoms with van der Waals surface area (Å²) in [5.74, 6) is 1.84. The van der Waals surface area contributed by atoms with Crippen LogP contribution in [-0.2, 0) is 13.0 Å². The Morgan fingerprint density at radius 1 is 1.40 bits per heavy atom. The van der Waals surface area contributed by atoms with Crippen LogP contribution in [-0.4, -0.2) is 46.6 Å². The second-order valence-corrected chi connectivity index (χ2v) is 5.82. The molecular weight excluding hydrogens is 344 g/mol. The molecule has 1 aromatic carbocycles. The first-order valence-corrected chi connectivity index (χ1v) is 8.23. The molecule has 0 spiro atoms. The van der Waals surface area contributed by atoms with Gasteiger partial charge in [0.1, 0.15) is 5.75 Å². The fraction of sp³-hybridized carbons (Fsp3) is 0.471. The molecule has 8 heteroatoms. The number of piperazine rings is 1. The van der Waals surface area contributed by atoms with Gasteiger partial charge in [-0.3, -0.25) is 4.79 Å². The summed E-state index contributed by atoms with van der Waals surface area (Å²) < 4.78 is 10.7. The minimum atomic E-state index is 0. The van der Waals surface area contributed by atoms with Crippen molar-refractivity contribution < 1.29 is 14.1 Å². The Kier molecular flexibility index (Phi) is 6.78. The Balaban J connectivity index is 0.00000225. The van der Waals surface area contributed by atoms with Crippen LogP contribution >= 0.6 is 12.4 Å². The number of carbonyl (C=O) groups excluding carboxylic acids is 1. The van der Waals surface area contributed by atoms with E-state index < -0.39 is 0 Å². The van der Waals surface area contributed by atoms with E-state index in [2.05, 4.69) is 22.4 Å². The van der Waals surface area contributed by atoms with Crippen LogP contribution in [0.5, 0.6) is 5.75 Å². The summed E-state index contributed by atoms with van der Waals surface area (Å²) in [5, 5.41) is 7.12. The SMILES string of the molecule is CCc1nc(COc2ccc(C(=O)N3CCNCC3C)cc2)no1.Cl. The number of ether oxygens (including phenoxy) is 1. The van der Waals surface area contributed by atoms with Crippen molar-refractivity contribution in [3.8, 4) is 5.75 Å². The number of carbonyl (C=O) groups is 1. The van der Waals surface area contributed by atoms with Crippen LogP contribution in [0.15, 0.2) is 28.8 Å². The van der Waals surface area contributed by atoms with E-state index in [9.17, 15) is 4.79 Å². The lowest BCUT2D eigenvalue weighted by molar-refractivity contribution is 0.0655. The minimum Gasteiger partial charge on any atom is -0.485 e. The number of hydrogen-bond donors (Lipinski definition) is 1. The molecule has 3 rings (SSSR count). The van der Waals surface area contributed by atoms with Gasteiger partial charge >= 0.3 is 0 Å². The molecule has 1 amide bonds. The Hall–Kier alpha value is -2.12. The first-order chi connectivity index (χ1) is 11.7. The van der Waals surface area contributed by atoms with Gasteiger partial charge in [-0.15, -0.1) is 12.4 Å². The van der Waals surface area contributed by atoms with Crippen molar-refractivity contribution in [1.82, 2.24) is 20.4 Å². The molecule has 1 N–H and O–H groups in total. The van der Waals surface area contributed by atoms with E-state index in [0.717, 1.165) is 19.6 Å². The van der Waals surface area contributed by atoms with Gasteiger partial charge in [-0.05, 0) is 31.2 Å². The number of nitrogens with one attached hydrogen (secondary N) is 1. The van der Waals surface area contributed by atoms with E-state index in [1.807, 2.05) is 11.8 Å². The quantitative estimate of drug-likeness (QED) is 0.872. The number of nitrogens with zero attached hydrogens (tertiary/aromatic N) is 3. The molecule has 7 nitrogen and oxygen atoms in total. The number of aryl methyl sites for hydroxylation is 1. The van der Waals surface area contributed by atoms with Crippen LogP contribution in [0.25, 0.3) is 0 Å². The predicted molar refractivity (Wildman–Crippen MR) is 95.1 cm³/mol. The van der Waals surface area contributed by atoms with Gasteiger partial charge in [0.2, 0.25) is 11.7 Å². The average molecular weight is 367 g/mol. The van der Waals surface area contributed by atoms with E-state index >= 15 is 0 Å². The van der Waals surface area contributed by atoms with Gasteiger partial charge < -0.3 is 19.5 Å². The second kappa shape index (κ2) is 8.82. The maximum atomic E-state index is 12.6. The molecule has 1 saturated heterocycles. The molecule has 0 saturated carbocycles. The zero-order chi connectivity index (χ0) is 16.9. The predicted octanol–water partition coefficient (Wildman–Crippen LogP) is 2.07. The molecule has 136 valence electrons. The molecule has 2 aromatic rings. The zero-order valence-corrected chi connectivity index (χ0v) is 15.2. The summed E-state index contributed by atoms with van der Waals surface area (Å²) in [4.78, 5) is 18.7. The number of benzene rings is 1. The van der Waals surface area contributed by atoms with Crippen LogP contribution in [0.4, 0.5) is 0 Å². The van der Waals surface area contributed by atoms with Crippen LogP contribution in [0.1, 0.15) is 35.9 Å². The molecule has 1 aromatic heterocycles. The van der Waals surface area contributed by atoms with Crippen molar-refractivity contribution in [2.24, 2.45) is 0 Å². The molecular formula is C17H23ClN4O3. The summed E-state index contributed by atoms with van der Waals surface area (Å²) in [6.07, 6.45) is 0.703. The number of aromatic nitrogens is 2. The molecule has 2 heterocycles. The maximum Gasteiger partial charge on any atom is 0.254 e. The smallest absolute Gasteiger partial charge is 0.254 e. The Morgan fingerprint density at radius 2 is 2.16 bits per heavy atom. The van der Waals surface area contributed by atoms with Crippen molar-refractivity contribution in [2.75, 3.05) is 19.6 Å². The van der Waals surface area contributed by atoms with E-state index in [4.69, 9.17) is 9.26 Å². The topological polar surface area (TPSA) is 80.5 Å². The third kappa shape index (κ3) is 4.70. The van der Waals surface area contributed by atoms with Gasteiger partial charge in [-0.25, -0.2) is 0 Å². The number of rotatable bonds is 5. The van der Waals surface area contributed by atoms with Crippen LogP contribution in [0.2, 0.25) is 0 Å². The Labute approximate surface area is 153 Å².